The molecular formula is C29H30ClF2N3O5. The number of rotatable bonds is 9. The van der Waals surface area contributed by atoms with Crippen molar-refractivity contribution in [2.45, 2.75) is 38.8 Å². The minimum absolute atomic E-state index is 0.117. The van der Waals surface area contributed by atoms with E-state index in [-0.39, 0.29) is 25.3 Å². The van der Waals surface area contributed by atoms with E-state index in [0.717, 1.165) is 49.3 Å². The maximum absolute atomic E-state index is 13.3. The molecule has 1 heterocycles. The van der Waals surface area contributed by atoms with Crippen LogP contribution in [-0.4, -0.2) is 41.1 Å². The zero-order valence-electron chi connectivity index (χ0n) is 21.6. The first-order chi connectivity index (χ1) is 19.1. The minimum Gasteiger partial charge on any atom is -0.481 e. The number of hydrogen-bond acceptors (Lipinski definition) is 5. The summed E-state index contributed by atoms with van der Waals surface area (Å²) in [5, 5.41) is 26.1. The molecular weight excluding hydrogens is 544 g/mol. The third-order valence-electron chi connectivity index (χ3n) is 6.16. The molecule has 212 valence electrons. The highest BCUT2D eigenvalue weighted by Crippen LogP contribution is 2.31. The number of benzene rings is 3. The first-order valence-corrected chi connectivity index (χ1v) is 13.0. The van der Waals surface area contributed by atoms with Crippen LogP contribution in [0.15, 0.2) is 54.6 Å². The molecule has 1 amide bonds. The van der Waals surface area contributed by atoms with Crippen LogP contribution in [0.2, 0.25) is 5.02 Å². The number of carbonyl (C=O) groups excluding carboxylic acids is 1. The number of amides is 1. The Kier molecular flexibility index (Phi) is 11.4. The lowest BCUT2D eigenvalue weighted by atomic mass is 10.0. The van der Waals surface area contributed by atoms with Gasteiger partial charge in [0.2, 0.25) is 0 Å². The summed E-state index contributed by atoms with van der Waals surface area (Å²) >= 11 is 6.47. The Morgan fingerprint density at radius 2 is 1.48 bits per heavy atom. The highest BCUT2D eigenvalue weighted by Gasteiger charge is 2.15. The highest BCUT2D eigenvalue weighted by molar-refractivity contribution is 6.33. The van der Waals surface area contributed by atoms with Gasteiger partial charge in [0.25, 0.3) is 5.91 Å². The van der Waals surface area contributed by atoms with Crippen molar-refractivity contribution in [3.8, 4) is 0 Å². The number of aliphatic carboxylic acids is 2. The fourth-order valence-corrected chi connectivity index (χ4v) is 4.29. The van der Waals surface area contributed by atoms with Crippen LogP contribution in [0, 0.1) is 11.6 Å². The molecule has 0 aromatic heterocycles. The largest absolute Gasteiger partial charge is 0.481 e. The molecule has 3 aromatic rings. The van der Waals surface area contributed by atoms with Gasteiger partial charge in [-0.25, -0.2) is 8.78 Å². The zero-order chi connectivity index (χ0) is 29.1. The Hall–Kier alpha value is -4.02. The lowest BCUT2D eigenvalue weighted by molar-refractivity contribution is -0.143. The second kappa shape index (κ2) is 14.9. The molecule has 0 saturated carbocycles. The van der Waals surface area contributed by atoms with Gasteiger partial charge >= 0.3 is 11.9 Å². The minimum atomic E-state index is -1.08. The second-order valence-corrected chi connectivity index (χ2v) is 9.49. The summed E-state index contributed by atoms with van der Waals surface area (Å²) in [7, 11) is 0. The first kappa shape index (κ1) is 30.5. The van der Waals surface area contributed by atoms with Gasteiger partial charge in [-0.1, -0.05) is 35.9 Å². The Morgan fingerprint density at radius 3 is 2.12 bits per heavy atom. The zero-order valence-corrected chi connectivity index (χ0v) is 22.4. The third-order valence-corrected chi connectivity index (χ3v) is 6.47. The van der Waals surface area contributed by atoms with E-state index in [1.54, 1.807) is 12.1 Å². The molecule has 1 aliphatic heterocycles. The van der Waals surface area contributed by atoms with Crippen LogP contribution in [0.1, 0.15) is 45.5 Å². The molecule has 0 fully saturated rings. The topological polar surface area (TPSA) is 128 Å². The summed E-state index contributed by atoms with van der Waals surface area (Å²) in [4.78, 5) is 31.7. The molecule has 0 atom stereocenters. The van der Waals surface area contributed by atoms with Gasteiger partial charge in [0.1, 0.15) is 0 Å². The standard InChI is InChI=1S/C25H24ClF2N3O.C4H6O4/c26-21-7-6-18-9-11-29-12-10-20(18)24(21)30-14-16-1-4-19(5-2-16)25(32)31-15-17-3-8-22(27)23(28)13-17;5-3(6)1-2-4(7)8/h1-8,13,29-30H,9-12,14-15H2,(H,31,32);1-2H2,(H,5,6)(H,7,8). The van der Waals surface area contributed by atoms with Crippen molar-refractivity contribution in [1.29, 1.82) is 0 Å². The van der Waals surface area contributed by atoms with Crippen molar-refractivity contribution in [2.24, 2.45) is 0 Å². The molecule has 0 unspecified atom stereocenters. The summed E-state index contributed by atoms with van der Waals surface area (Å²) in [6.07, 6.45) is 1.31. The van der Waals surface area contributed by atoms with Crippen molar-refractivity contribution < 1.29 is 33.4 Å². The van der Waals surface area contributed by atoms with Gasteiger partial charge in [-0.05, 0) is 78.5 Å². The first-order valence-electron chi connectivity index (χ1n) is 12.6. The van der Waals surface area contributed by atoms with Crippen molar-refractivity contribution in [3.05, 3.63) is 99.1 Å². The van der Waals surface area contributed by atoms with Gasteiger partial charge in [-0.3, -0.25) is 14.4 Å². The molecule has 11 heteroatoms. The average molecular weight is 574 g/mol. The van der Waals surface area contributed by atoms with Gasteiger partial charge < -0.3 is 26.2 Å². The number of halogens is 3. The van der Waals surface area contributed by atoms with E-state index >= 15 is 0 Å². The average Bonchev–Trinajstić information content (AvgIpc) is 3.18. The molecule has 8 nitrogen and oxygen atoms in total. The number of carboxylic acids is 2. The molecule has 0 spiro atoms. The van der Waals surface area contributed by atoms with Crippen LogP contribution in [-0.2, 0) is 35.5 Å². The van der Waals surface area contributed by atoms with E-state index in [4.69, 9.17) is 21.8 Å². The Morgan fingerprint density at radius 1 is 0.825 bits per heavy atom. The monoisotopic (exact) mass is 573 g/mol. The third kappa shape index (κ3) is 9.32. The van der Waals surface area contributed by atoms with Crippen LogP contribution in [0.25, 0.3) is 0 Å². The van der Waals surface area contributed by atoms with Crippen molar-refractivity contribution >= 4 is 35.1 Å². The SMILES string of the molecule is O=C(NCc1ccc(F)c(F)c1)c1ccc(CNc2c(Cl)ccc3c2CCNCC3)cc1.O=C(O)CCC(=O)O. The lowest BCUT2D eigenvalue weighted by Gasteiger charge is -2.16. The quantitative estimate of drug-likeness (QED) is 0.249. The van der Waals surface area contributed by atoms with Gasteiger partial charge in [-0.15, -0.1) is 0 Å². The van der Waals surface area contributed by atoms with Crippen LogP contribution < -0.4 is 16.0 Å². The van der Waals surface area contributed by atoms with Gasteiger partial charge in [0, 0.05) is 18.7 Å². The van der Waals surface area contributed by atoms with E-state index in [1.165, 1.54) is 17.2 Å². The molecule has 3 aromatic carbocycles. The lowest BCUT2D eigenvalue weighted by Crippen LogP contribution is -2.22. The number of nitrogens with one attached hydrogen (secondary N) is 3. The number of hydrogen-bond donors (Lipinski definition) is 5. The van der Waals surface area contributed by atoms with E-state index in [1.807, 2.05) is 18.2 Å². The predicted molar refractivity (Wildman–Crippen MR) is 148 cm³/mol. The van der Waals surface area contributed by atoms with E-state index in [9.17, 15) is 23.2 Å². The highest BCUT2D eigenvalue weighted by atomic mass is 35.5. The van der Waals surface area contributed by atoms with Crippen LogP contribution in [0.3, 0.4) is 0 Å². The van der Waals surface area contributed by atoms with Crippen LogP contribution in [0.5, 0.6) is 0 Å². The molecule has 0 radical (unpaired) electrons. The number of carboxylic acid groups (broad SMARTS) is 2. The fraction of sp³-hybridized carbons (Fsp3) is 0.276. The number of fused-ring (bicyclic) bond motifs is 1. The molecule has 40 heavy (non-hydrogen) atoms. The molecule has 0 saturated heterocycles. The Balaban J connectivity index is 0.000000482. The molecule has 5 N–H and O–H groups in total. The fourth-order valence-electron chi connectivity index (χ4n) is 4.05. The summed E-state index contributed by atoms with van der Waals surface area (Å²) < 4.78 is 26.3. The maximum atomic E-state index is 13.3. The molecule has 1 aliphatic rings. The predicted octanol–water partition coefficient (Wildman–Crippen LogP) is 4.78. The van der Waals surface area contributed by atoms with Gasteiger partial charge in [-0.2, -0.15) is 0 Å². The maximum Gasteiger partial charge on any atom is 0.303 e. The van der Waals surface area contributed by atoms with E-state index in [2.05, 4.69) is 22.0 Å². The van der Waals surface area contributed by atoms with Crippen LogP contribution >= 0.6 is 11.6 Å². The Labute approximate surface area is 235 Å². The number of carbonyl (C=O) groups is 3. The summed E-state index contributed by atoms with van der Waals surface area (Å²) in [5.74, 6) is -4.27. The van der Waals surface area contributed by atoms with Crippen LogP contribution in [0.4, 0.5) is 14.5 Å². The second-order valence-electron chi connectivity index (χ2n) is 9.08. The summed E-state index contributed by atoms with van der Waals surface area (Å²) in [6.45, 7) is 2.59. The Bertz CT molecular complexity index is 1340. The normalized spacial score (nSPS) is 12.3. The molecule has 4 rings (SSSR count). The smallest absolute Gasteiger partial charge is 0.303 e. The molecule has 0 aliphatic carbocycles. The number of anilines is 1. The summed E-state index contributed by atoms with van der Waals surface area (Å²) in [6, 6.07) is 14.9. The van der Waals surface area contributed by atoms with Crippen molar-refractivity contribution in [1.82, 2.24) is 10.6 Å². The summed E-state index contributed by atoms with van der Waals surface area (Å²) in [5.41, 5.74) is 5.55. The van der Waals surface area contributed by atoms with Crippen molar-refractivity contribution in [3.63, 3.8) is 0 Å². The van der Waals surface area contributed by atoms with E-state index in [0.29, 0.717) is 22.7 Å². The van der Waals surface area contributed by atoms with E-state index < -0.39 is 23.6 Å². The molecule has 0 bridgehead atoms. The van der Waals surface area contributed by atoms with Crippen molar-refractivity contribution in [2.75, 3.05) is 18.4 Å². The van der Waals surface area contributed by atoms with Gasteiger partial charge in [0.05, 0.1) is 23.6 Å². The van der Waals surface area contributed by atoms with Gasteiger partial charge in [0.15, 0.2) is 11.6 Å².